The Kier molecular flexibility index (Phi) is 6.49. The van der Waals surface area contributed by atoms with E-state index in [4.69, 9.17) is 0 Å². The van der Waals surface area contributed by atoms with Crippen LogP contribution in [0.25, 0.3) is 0 Å². The minimum Gasteiger partial charge on any atom is -0.347 e. The van der Waals surface area contributed by atoms with E-state index in [9.17, 15) is 10.1 Å². The summed E-state index contributed by atoms with van der Waals surface area (Å²) in [5.41, 5.74) is 1.61. The molecule has 0 bridgehead atoms. The van der Waals surface area contributed by atoms with Crippen LogP contribution in [0.4, 0.5) is 0 Å². The average Bonchev–Trinajstić information content (AvgIpc) is 2.74. The topological polar surface area (TPSA) is 47.3 Å². The Balaban J connectivity index is 1.86. The van der Waals surface area contributed by atoms with Gasteiger partial charge in [-0.3, -0.25) is 9.69 Å². The van der Waals surface area contributed by atoms with Crippen molar-refractivity contribution < 1.29 is 4.79 Å². The van der Waals surface area contributed by atoms with Gasteiger partial charge in [-0.2, -0.15) is 5.26 Å². The molecule has 2 atom stereocenters. The molecule has 4 nitrogen and oxygen atoms in total. The number of nitrogens with zero attached hydrogens (tertiary/aromatic N) is 3. The minimum absolute atomic E-state index is 0.0564. The van der Waals surface area contributed by atoms with Crippen molar-refractivity contribution in [3.05, 3.63) is 71.8 Å². The Labute approximate surface area is 168 Å². The summed E-state index contributed by atoms with van der Waals surface area (Å²) in [4.78, 5) is 16.8. The zero-order valence-electron chi connectivity index (χ0n) is 16.8. The van der Waals surface area contributed by atoms with E-state index in [1.54, 1.807) is 19.0 Å². The highest BCUT2D eigenvalue weighted by Crippen LogP contribution is 2.40. The van der Waals surface area contributed by atoms with Gasteiger partial charge >= 0.3 is 0 Å². The Hall–Kier alpha value is -2.64. The zero-order chi connectivity index (χ0) is 20.0. The lowest BCUT2D eigenvalue weighted by molar-refractivity contribution is -0.139. The van der Waals surface area contributed by atoms with Crippen LogP contribution < -0.4 is 0 Å². The molecule has 0 heterocycles. The van der Waals surface area contributed by atoms with Crippen molar-refractivity contribution in [2.24, 2.45) is 5.41 Å². The third-order valence-corrected chi connectivity index (χ3v) is 5.73. The van der Waals surface area contributed by atoms with Crippen molar-refractivity contribution in [3.8, 4) is 6.07 Å². The van der Waals surface area contributed by atoms with Gasteiger partial charge in [-0.15, -0.1) is 0 Å². The molecule has 1 fully saturated rings. The molecule has 1 aliphatic rings. The molecule has 2 aromatic rings. The van der Waals surface area contributed by atoms with Gasteiger partial charge in [0.2, 0.25) is 5.91 Å². The molecule has 4 heteroatoms. The molecule has 0 saturated heterocycles. The van der Waals surface area contributed by atoms with Crippen molar-refractivity contribution in [1.29, 1.82) is 5.26 Å². The number of amides is 1. The van der Waals surface area contributed by atoms with Gasteiger partial charge in [0.15, 0.2) is 0 Å². The maximum atomic E-state index is 12.8. The molecule has 1 saturated carbocycles. The van der Waals surface area contributed by atoms with Gasteiger partial charge in [-0.25, -0.2) is 0 Å². The molecular formula is C24H29N3O. The number of rotatable bonds is 6. The second-order valence-corrected chi connectivity index (χ2v) is 8.02. The highest BCUT2D eigenvalue weighted by molar-refractivity contribution is 5.85. The average molecular weight is 376 g/mol. The van der Waals surface area contributed by atoms with E-state index in [0.717, 1.165) is 25.9 Å². The number of hydrogen-bond donors (Lipinski definition) is 0. The van der Waals surface area contributed by atoms with Crippen molar-refractivity contribution in [3.63, 3.8) is 0 Å². The Morgan fingerprint density at radius 1 is 1.04 bits per heavy atom. The Morgan fingerprint density at radius 3 is 2.04 bits per heavy atom. The largest absolute Gasteiger partial charge is 0.347 e. The Bertz CT molecular complexity index is 771. The van der Waals surface area contributed by atoms with Crippen LogP contribution >= 0.6 is 0 Å². The molecule has 2 unspecified atom stereocenters. The number of nitriles is 1. The lowest BCUT2D eigenvalue weighted by Crippen LogP contribution is -2.48. The standard InChI is InChI=1S/C24H29N3O/c1-26(2)23(28)24(19-25)15-9-14-22(16-24)27(17-20-10-5-3-6-11-20)18-21-12-7-4-8-13-21/h3-8,10-13,22H,9,14-18H2,1-2H3. The van der Waals surface area contributed by atoms with Crippen molar-refractivity contribution >= 4 is 5.91 Å². The summed E-state index contributed by atoms with van der Waals surface area (Å²) in [7, 11) is 3.49. The summed E-state index contributed by atoms with van der Waals surface area (Å²) in [6, 6.07) is 23.5. The summed E-state index contributed by atoms with van der Waals surface area (Å²) >= 11 is 0. The third kappa shape index (κ3) is 4.61. The summed E-state index contributed by atoms with van der Waals surface area (Å²) < 4.78 is 0. The van der Waals surface area contributed by atoms with Gasteiger partial charge in [0.25, 0.3) is 0 Å². The van der Waals surface area contributed by atoms with Gasteiger partial charge < -0.3 is 4.90 Å². The molecule has 28 heavy (non-hydrogen) atoms. The zero-order valence-corrected chi connectivity index (χ0v) is 16.8. The first-order valence-corrected chi connectivity index (χ1v) is 9.99. The second-order valence-electron chi connectivity index (χ2n) is 8.02. The van der Waals surface area contributed by atoms with E-state index in [1.165, 1.54) is 11.1 Å². The predicted molar refractivity (Wildman–Crippen MR) is 111 cm³/mol. The van der Waals surface area contributed by atoms with E-state index >= 15 is 0 Å². The van der Waals surface area contributed by atoms with E-state index in [-0.39, 0.29) is 11.9 Å². The summed E-state index contributed by atoms with van der Waals surface area (Å²) in [6.07, 6.45) is 3.17. The molecule has 3 rings (SSSR count). The van der Waals surface area contributed by atoms with Crippen LogP contribution in [0.3, 0.4) is 0 Å². The van der Waals surface area contributed by atoms with Crippen molar-refractivity contribution in [2.75, 3.05) is 14.1 Å². The lowest BCUT2D eigenvalue weighted by Gasteiger charge is -2.41. The van der Waals surface area contributed by atoms with Crippen molar-refractivity contribution in [1.82, 2.24) is 9.80 Å². The van der Waals surface area contributed by atoms with E-state index in [0.29, 0.717) is 12.8 Å². The maximum absolute atomic E-state index is 12.8. The lowest BCUT2D eigenvalue weighted by atomic mass is 9.71. The van der Waals surface area contributed by atoms with Gasteiger partial charge in [0.1, 0.15) is 5.41 Å². The van der Waals surface area contributed by atoms with Crippen LogP contribution in [0.2, 0.25) is 0 Å². The molecule has 0 radical (unpaired) electrons. The van der Waals surface area contributed by atoms with Gasteiger partial charge in [-0.05, 0) is 36.8 Å². The van der Waals surface area contributed by atoms with Gasteiger partial charge in [-0.1, -0.05) is 60.7 Å². The van der Waals surface area contributed by atoms with E-state index in [1.807, 2.05) is 12.1 Å². The fourth-order valence-corrected chi connectivity index (χ4v) is 4.28. The summed E-state index contributed by atoms with van der Waals surface area (Å²) in [5.74, 6) is -0.0564. The number of carbonyl (C=O) groups excluding carboxylic acids is 1. The SMILES string of the molecule is CN(C)C(=O)C1(C#N)CCCC(N(Cc2ccccc2)Cc2ccccc2)C1. The Morgan fingerprint density at radius 2 is 1.57 bits per heavy atom. The fraction of sp³-hybridized carbons (Fsp3) is 0.417. The number of benzene rings is 2. The van der Waals surface area contributed by atoms with E-state index < -0.39 is 5.41 Å². The highest BCUT2D eigenvalue weighted by Gasteiger charge is 2.45. The molecule has 146 valence electrons. The first-order chi connectivity index (χ1) is 13.5. The first kappa shape index (κ1) is 20.1. The molecule has 0 aromatic heterocycles. The van der Waals surface area contributed by atoms with Crippen molar-refractivity contribution in [2.45, 2.75) is 44.8 Å². The monoisotopic (exact) mass is 375 g/mol. The minimum atomic E-state index is -0.905. The molecule has 0 aliphatic heterocycles. The van der Waals surface area contributed by atoms with Crippen LogP contribution in [-0.4, -0.2) is 35.8 Å². The van der Waals surface area contributed by atoms with Crippen LogP contribution in [0.15, 0.2) is 60.7 Å². The quantitative estimate of drug-likeness (QED) is 0.759. The first-order valence-electron chi connectivity index (χ1n) is 9.99. The fourth-order valence-electron chi connectivity index (χ4n) is 4.28. The highest BCUT2D eigenvalue weighted by atomic mass is 16.2. The second kappa shape index (κ2) is 9.03. The predicted octanol–water partition coefficient (Wildman–Crippen LogP) is 4.23. The normalized spacial score (nSPS) is 21.9. The molecule has 2 aromatic carbocycles. The molecule has 1 amide bonds. The molecule has 0 N–H and O–H groups in total. The molecule has 1 aliphatic carbocycles. The number of carbonyl (C=O) groups is 1. The maximum Gasteiger partial charge on any atom is 0.242 e. The summed E-state index contributed by atoms with van der Waals surface area (Å²) in [6.45, 7) is 1.64. The number of hydrogen-bond acceptors (Lipinski definition) is 3. The third-order valence-electron chi connectivity index (χ3n) is 5.73. The van der Waals surface area contributed by atoms with Crippen LogP contribution in [0, 0.1) is 16.7 Å². The molecular weight excluding hydrogens is 346 g/mol. The van der Waals surface area contributed by atoms with Crippen LogP contribution in [-0.2, 0) is 17.9 Å². The van der Waals surface area contributed by atoms with Crippen LogP contribution in [0.5, 0.6) is 0 Å². The van der Waals surface area contributed by atoms with Crippen LogP contribution in [0.1, 0.15) is 36.8 Å². The van der Waals surface area contributed by atoms with Gasteiger partial charge in [0.05, 0.1) is 6.07 Å². The smallest absolute Gasteiger partial charge is 0.242 e. The molecule has 0 spiro atoms. The summed E-state index contributed by atoms with van der Waals surface area (Å²) in [5, 5.41) is 9.92. The van der Waals surface area contributed by atoms with Gasteiger partial charge in [0, 0.05) is 33.2 Å². The van der Waals surface area contributed by atoms with E-state index in [2.05, 4.69) is 59.5 Å².